The first kappa shape index (κ1) is 23.6. The molecule has 2 aliphatic rings. The van der Waals surface area contributed by atoms with E-state index in [0.29, 0.717) is 5.69 Å². The molecule has 0 aliphatic carbocycles. The van der Waals surface area contributed by atoms with Crippen molar-refractivity contribution in [3.05, 3.63) is 29.6 Å². The summed E-state index contributed by atoms with van der Waals surface area (Å²) in [7, 11) is 0. The van der Waals surface area contributed by atoms with Crippen LogP contribution < -0.4 is 4.73 Å². The van der Waals surface area contributed by atoms with Gasteiger partial charge in [0.2, 0.25) is 11.9 Å². The molecule has 0 aromatic carbocycles. The van der Waals surface area contributed by atoms with E-state index in [1.807, 2.05) is 0 Å². The molecule has 0 spiro atoms. The summed E-state index contributed by atoms with van der Waals surface area (Å²) in [5.41, 5.74) is -0.131. The average Bonchev–Trinajstić information content (AvgIpc) is 2.63. The maximum atomic E-state index is 14.8. The fourth-order valence-electron chi connectivity index (χ4n) is 3.91. The monoisotopic (exact) mass is 448 g/mol. The molecule has 10 heteroatoms. The Bertz CT molecular complexity index is 804. The van der Waals surface area contributed by atoms with Gasteiger partial charge in [-0.1, -0.05) is 0 Å². The molecule has 1 atom stereocenters. The third-order valence-electron chi connectivity index (χ3n) is 5.69. The Morgan fingerprint density at radius 2 is 1.84 bits per heavy atom. The predicted octanol–water partition coefficient (Wildman–Crippen LogP) is 3.80. The van der Waals surface area contributed by atoms with Crippen molar-refractivity contribution in [2.24, 2.45) is 0 Å². The number of ether oxygens (including phenoxy) is 1. The molecule has 1 amide bonds. The second kappa shape index (κ2) is 8.44. The van der Waals surface area contributed by atoms with Crippen molar-refractivity contribution in [2.45, 2.75) is 69.9 Å². The molecule has 0 radical (unpaired) electrons. The molecule has 2 saturated heterocycles. The minimum absolute atomic E-state index is 0.111. The SMILES string of the molecule is CC(C)(C)OC(=O)N1CCC(F)(F)C(c2cc[n+](O)c(CN3CCC(F)(F)CC3)c2)C1. The van der Waals surface area contributed by atoms with Crippen LogP contribution in [-0.4, -0.2) is 64.7 Å². The van der Waals surface area contributed by atoms with Gasteiger partial charge in [0.25, 0.3) is 11.8 Å². The van der Waals surface area contributed by atoms with Gasteiger partial charge in [-0.15, -0.1) is 0 Å². The Morgan fingerprint density at radius 3 is 2.45 bits per heavy atom. The third kappa shape index (κ3) is 5.99. The molecule has 2 fully saturated rings. The maximum absolute atomic E-state index is 14.8. The Morgan fingerprint density at radius 1 is 1.19 bits per heavy atom. The smallest absolute Gasteiger partial charge is 0.410 e. The highest BCUT2D eigenvalue weighted by molar-refractivity contribution is 5.68. The molecule has 3 heterocycles. The quantitative estimate of drug-likeness (QED) is 0.434. The van der Waals surface area contributed by atoms with Gasteiger partial charge in [0.1, 0.15) is 5.60 Å². The minimum atomic E-state index is -3.04. The molecule has 31 heavy (non-hydrogen) atoms. The zero-order valence-corrected chi connectivity index (χ0v) is 18.1. The van der Waals surface area contributed by atoms with Crippen LogP contribution in [0, 0.1) is 0 Å². The zero-order valence-electron chi connectivity index (χ0n) is 18.1. The molecule has 0 bridgehead atoms. The first-order valence-electron chi connectivity index (χ1n) is 10.5. The van der Waals surface area contributed by atoms with Crippen molar-refractivity contribution >= 4 is 6.09 Å². The Balaban J connectivity index is 1.76. The van der Waals surface area contributed by atoms with Crippen LogP contribution in [0.15, 0.2) is 18.3 Å². The molecule has 6 nitrogen and oxygen atoms in total. The highest BCUT2D eigenvalue weighted by atomic mass is 19.3. The van der Waals surface area contributed by atoms with Crippen molar-refractivity contribution in [3.8, 4) is 0 Å². The van der Waals surface area contributed by atoms with E-state index < -0.39 is 35.9 Å². The Hall–Kier alpha value is -2.10. The highest BCUT2D eigenvalue weighted by Gasteiger charge is 2.47. The molecule has 0 saturated carbocycles. The maximum Gasteiger partial charge on any atom is 0.410 e. The number of likely N-dealkylation sites (tertiary alicyclic amines) is 2. The Kier molecular flexibility index (Phi) is 6.42. The molecule has 1 aromatic rings. The van der Waals surface area contributed by atoms with Crippen LogP contribution in [-0.2, 0) is 11.3 Å². The summed E-state index contributed by atoms with van der Waals surface area (Å²) in [5, 5.41) is 10.1. The molecule has 1 unspecified atom stereocenters. The summed E-state index contributed by atoms with van der Waals surface area (Å²) in [5.74, 6) is -6.99. The normalized spacial score (nSPS) is 24.1. The van der Waals surface area contributed by atoms with Gasteiger partial charge in [0, 0.05) is 62.3 Å². The number of nitrogens with zero attached hydrogens (tertiary/aromatic N) is 3. The topological polar surface area (TPSA) is 56.9 Å². The van der Waals surface area contributed by atoms with E-state index >= 15 is 0 Å². The van der Waals surface area contributed by atoms with Crippen molar-refractivity contribution < 1.29 is 37.0 Å². The summed E-state index contributed by atoms with van der Waals surface area (Å²) < 4.78 is 62.4. The van der Waals surface area contributed by atoms with Gasteiger partial charge >= 0.3 is 6.09 Å². The number of amides is 1. The number of carbonyl (C=O) groups excluding carboxylic acids is 1. The van der Waals surface area contributed by atoms with Crippen LogP contribution in [0.2, 0.25) is 0 Å². The molecular weight excluding hydrogens is 418 g/mol. The van der Waals surface area contributed by atoms with Gasteiger partial charge < -0.3 is 9.64 Å². The summed E-state index contributed by atoms with van der Waals surface area (Å²) in [6.07, 6.45) is -0.420. The van der Waals surface area contributed by atoms with Crippen molar-refractivity contribution in [1.29, 1.82) is 0 Å². The summed E-state index contributed by atoms with van der Waals surface area (Å²) in [6.45, 7) is 5.27. The van der Waals surface area contributed by atoms with Crippen LogP contribution in [0.5, 0.6) is 0 Å². The first-order chi connectivity index (χ1) is 14.3. The fourth-order valence-corrected chi connectivity index (χ4v) is 3.91. The van der Waals surface area contributed by atoms with Gasteiger partial charge in [0.05, 0.1) is 12.5 Å². The highest BCUT2D eigenvalue weighted by Crippen LogP contribution is 2.40. The number of piperidine rings is 2. The van der Waals surface area contributed by atoms with E-state index in [-0.39, 0.29) is 51.1 Å². The van der Waals surface area contributed by atoms with E-state index in [0.717, 1.165) is 4.73 Å². The molecule has 1 N–H and O–H groups in total. The molecule has 174 valence electrons. The first-order valence-corrected chi connectivity index (χ1v) is 10.5. The van der Waals surface area contributed by atoms with Crippen LogP contribution in [0.1, 0.15) is 57.2 Å². The lowest BCUT2D eigenvalue weighted by atomic mass is 9.87. The largest absolute Gasteiger partial charge is 0.444 e. The van der Waals surface area contributed by atoms with Gasteiger partial charge in [-0.3, -0.25) is 10.1 Å². The third-order valence-corrected chi connectivity index (χ3v) is 5.69. The molecule has 2 aliphatic heterocycles. The summed E-state index contributed by atoms with van der Waals surface area (Å²) in [4.78, 5) is 15.4. The fraction of sp³-hybridized carbons (Fsp3) is 0.714. The molecular formula is C21H30F4N3O3+. The van der Waals surface area contributed by atoms with Crippen LogP contribution in [0.3, 0.4) is 0 Å². The van der Waals surface area contributed by atoms with E-state index in [1.54, 1.807) is 25.7 Å². The number of carbonyl (C=O) groups is 1. The lowest BCUT2D eigenvalue weighted by molar-refractivity contribution is -0.910. The van der Waals surface area contributed by atoms with E-state index in [2.05, 4.69) is 0 Å². The second-order valence-corrected chi connectivity index (χ2v) is 9.42. The number of halogens is 4. The number of alkyl halides is 4. The standard InChI is InChI=1S/C21H30F4N3O3/c1-19(2,3)31-18(29)27-11-7-21(24,25)17(14-27)15-4-8-28(30)16(12-15)13-26-9-5-20(22,23)6-10-26/h4,8,12,17,30H,5-7,9-11,13-14H2,1-3H3/q+1. The summed E-state index contributed by atoms with van der Waals surface area (Å²) >= 11 is 0. The van der Waals surface area contributed by atoms with E-state index in [9.17, 15) is 27.6 Å². The molecule has 3 rings (SSSR count). The van der Waals surface area contributed by atoms with Crippen molar-refractivity contribution in [2.75, 3.05) is 26.2 Å². The van der Waals surface area contributed by atoms with Gasteiger partial charge in [-0.05, 0) is 26.3 Å². The lowest BCUT2D eigenvalue weighted by Crippen LogP contribution is -2.49. The number of rotatable bonds is 3. The minimum Gasteiger partial charge on any atom is -0.444 e. The van der Waals surface area contributed by atoms with E-state index in [1.165, 1.54) is 23.2 Å². The number of hydrogen-bond acceptors (Lipinski definition) is 4. The van der Waals surface area contributed by atoms with Crippen LogP contribution >= 0.6 is 0 Å². The number of aromatic nitrogens is 1. The molecule has 1 aromatic heterocycles. The van der Waals surface area contributed by atoms with Crippen LogP contribution in [0.4, 0.5) is 22.4 Å². The van der Waals surface area contributed by atoms with Crippen molar-refractivity contribution in [1.82, 2.24) is 9.80 Å². The number of hydrogen-bond donors (Lipinski definition) is 1. The van der Waals surface area contributed by atoms with Gasteiger partial charge in [0.15, 0.2) is 0 Å². The number of pyridine rings is 1. The van der Waals surface area contributed by atoms with E-state index in [4.69, 9.17) is 4.74 Å². The van der Waals surface area contributed by atoms with Crippen molar-refractivity contribution in [3.63, 3.8) is 0 Å². The second-order valence-electron chi connectivity index (χ2n) is 9.42. The zero-order chi connectivity index (χ0) is 23.0. The average molecular weight is 448 g/mol. The van der Waals surface area contributed by atoms with Gasteiger partial charge in [-0.2, -0.15) is 0 Å². The van der Waals surface area contributed by atoms with Gasteiger partial charge in [-0.25, -0.2) is 22.4 Å². The summed E-state index contributed by atoms with van der Waals surface area (Å²) in [6, 6.07) is 2.86. The predicted molar refractivity (Wildman–Crippen MR) is 103 cm³/mol. The lowest BCUT2D eigenvalue weighted by Gasteiger charge is -2.39. The Labute approximate surface area is 179 Å². The van der Waals surface area contributed by atoms with Crippen LogP contribution in [0.25, 0.3) is 0 Å².